The maximum atomic E-state index is 13.1. The van der Waals surface area contributed by atoms with Gasteiger partial charge in [0, 0.05) is 30.7 Å². The molecule has 0 spiro atoms. The molecule has 1 N–H and O–H groups in total. The van der Waals surface area contributed by atoms with Crippen LogP contribution >= 0.6 is 0 Å². The standard InChI is InChI=1S/C23H25N3O/c1-17(2)18-10-12-20(13-11-18)24-23(27)26-16-15-25-14-6-9-21(25)22(26)19-7-4-3-5-8-19/h3-14,17,22H,15-16H2,1-2H3,(H,24,27). The van der Waals surface area contributed by atoms with Gasteiger partial charge in [0.1, 0.15) is 0 Å². The molecule has 1 atom stereocenters. The first kappa shape index (κ1) is 17.4. The van der Waals surface area contributed by atoms with Crippen molar-refractivity contribution in [3.05, 3.63) is 89.7 Å². The van der Waals surface area contributed by atoms with E-state index in [1.807, 2.05) is 35.2 Å². The molecule has 0 saturated carbocycles. The van der Waals surface area contributed by atoms with E-state index in [0.717, 1.165) is 23.5 Å². The van der Waals surface area contributed by atoms with Crippen LogP contribution in [-0.2, 0) is 6.54 Å². The lowest BCUT2D eigenvalue weighted by molar-refractivity contribution is 0.182. The fraction of sp³-hybridized carbons (Fsp3) is 0.261. The van der Waals surface area contributed by atoms with Gasteiger partial charge in [0.05, 0.1) is 6.04 Å². The molecule has 1 aliphatic heterocycles. The summed E-state index contributed by atoms with van der Waals surface area (Å²) in [4.78, 5) is 15.0. The number of nitrogens with one attached hydrogen (secondary N) is 1. The predicted octanol–water partition coefficient (Wildman–Crippen LogP) is 5.25. The van der Waals surface area contributed by atoms with Crippen LogP contribution in [0.15, 0.2) is 72.9 Å². The molecule has 3 aromatic rings. The second kappa shape index (κ2) is 7.31. The first-order valence-electron chi connectivity index (χ1n) is 9.51. The largest absolute Gasteiger partial charge is 0.348 e. The topological polar surface area (TPSA) is 37.3 Å². The monoisotopic (exact) mass is 359 g/mol. The summed E-state index contributed by atoms with van der Waals surface area (Å²) in [6, 6.07) is 22.4. The zero-order valence-electron chi connectivity index (χ0n) is 15.8. The van der Waals surface area contributed by atoms with E-state index >= 15 is 0 Å². The highest BCUT2D eigenvalue weighted by atomic mass is 16.2. The van der Waals surface area contributed by atoms with Gasteiger partial charge in [0.25, 0.3) is 0 Å². The summed E-state index contributed by atoms with van der Waals surface area (Å²) in [5.74, 6) is 0.479. The minimum absolute atomic E-state index is 0.0615. The van der Waals surface area contributed by atoms with Gasteiger partial charge < -0.3 is 14.8 Å². The van der Waals surface area contributed by atoms with Crippen LogP contribution in [0.1, 0.15) is 42.6 Å². The Kier molecular flexibility index (Phi) is 4.71. The number of aromatic nitrogens is 1. The fourth-order valence-corrected chi connectivity index (χ4v) is 3.73. The molecule has 4 nitrogen and oxygen atoms in total. The van der Waals surface area contributed by atoms with Gasteiger partial charge in [-0.15, -0.1) is 0 Å². The molecule has 1 aliphatic rings. The first-order valence-corrected chi connectivity index (χ1v) is 9.51. The van der Waals surface area contributed by atoms with Crippen molar-refractivity contribution < 1.29 is 4.79 Å². The van der Waals surface area contributed by atoms with Crippen molar-refractivity contribution in [2.24, 2.45) is 0 Å². The third kappa shape index (κ3) is 3.47. The Bertz CT molecular complexity index is 912. The number of amides is 2. The van der Waals surface area contributed by atoms with Crippen LogP contribution in [0.5, 0.6) is 0 Å². The maximum Gasteiger partial charge on any atom is 0.322 e. The number of rotatable bonds is 3. The number of hydrogen-bond donors (Lipinski definition) is 1. The Morgan fingerprint density at radius 2 is 1.70 bits per heavy atom. The quantitative estimate of drug-likeness (QED) is 0.681. The number of carbonyl (C=O) groups is 1. The lowest BCUT2D eigenvalue weighted by Crippen LogP contribution is -2.44. The van der Waals surface area contributed by atoms with Crippen LogP contribution in [0.2, 0.25) is 0 Å². The molecule has 0 saturated heterocycles. The van der Waals surface area contributed by atoms with Crippen LogP contribution in [0.4, 0.5) is 10.5 Å². The fourth-order valence-electron chi connectivity index (χ4n) is 3.73. The number of hydrogen-bond acceptors (Lipinski definition) is 1. The Morgan fingerprint density at radius 1 is 0.963 bits per heavy atom. The Morgan fingerprint density at radius 3 is 2.41 bits per heavy atom. The number of anilines is 1. The predicted molar refractivity (Wildman–Crippen MR) is 109 cm³/mol. The summed E-state index contributed by atoms with van der Waals surface area (Å²) in [5, 5.41) is 3.08. The molecule has 0 aliphatic carbocycles. The highest BCUT2D eigenvalue weighted by Gasteiger charge is 2.32. The summed E-state index contributed by atoms with van der Waals surface area (Å²) in [6.07, 6.45) is 2.09. The lowest BCUT2D eigenvalue weighted by Gasteiger charge is -2.37. The van der Waals surface area contributed by atoms with Crippen LogP contribution in [0, 0.1) is 0 Å². The minimum atomic E-state index is -0.0788. The molecular weight excluding hydrogens is 334 g/mol. The van der Waals surface area contributed by atoms with Crippen molar-refractivity contribution in [3.63, 3.8) is 0 Å². The van der Waals surface area contributed by atoms with E-state index in [4.69, 9.17) is 0 Å². The Hall–Kier alpha value is -3.01. The molecule has 138 valence electrons. The summed E-state index contributed by atoms with van der Waals surface area (Å²) in [5.41, 5.74) is 4.38. The number of urea groups is 1. The van der Waals surface area contributed by atoms with E-state index in [0.29, 0.717) is 12.5 Å². The van der Waals surface area contributed by atoms with Gasteiger partial charge in [-0.25, -0.2) is 4.79 Å². The van der Waals surface area contributed by atoms with E-state index < -0.39 is 0 Å². The molecule has 2 aromatic carbocycles. The van der Waals surface area contributed by atoms with Gasteiger partial charge in [-0.05, 0) is 41.3 Å². The molecule has 4 rings (SSSR count). The molecule has 2 heterocycles. The highest BCUT2D eigenvalue weighted by molar-refractivity contribution is 5.90. The van der Waals surface area contributed by atoms with Crippen molar-refractivity contribution in [1.29, 1.82) is 0 Å². The van der Waals surface area contributed by atoms with Gasteiger partial charge in [-0.3, -0.25) is 0 Å². The van der Waals surface area contributed by atoms with Crippen molar-refractivity contribution in [3.8, 4) is 0 Å². The number of carbonyl (C=O) groups excluding carboxylic acids is 1. The van der Waals surface area contributed by atoms with Crippen molar-refractivity contribution in [2.75, 3.05) is 11.9 Å². The third-order valence-corrected chi connectivity index (χ3v) is 5.24. The number of nitrogens with zero attached hydrogens (tertiary/aromatic N) is 2. The Labute approximate surface area is 160 Å². The first-order chi connectivity index (χ1) is 13.1. The van der Waals surface area contributed by atoms with Gasteiger partial charge in [-0.2, -0.15) is 0 Å². The van der Waals surface area contributed by atoms with Gasteiger partial charge >= 0.3 is 6.03 Å². The molecule has 0 radical (unpaired) electrons. The normalized spacial score (nSPS) is 16.3. The molecule has 4 heteroatoms. The highest BCUT2D eigenvalue weighted by Crippen LogP contribution is 2.32. The average molecular weight is 359 g/mol. The Balaban J connectivity index is 1.60. The molecule has 27 heavy (non-hydrogen) atoms. The SMILES string of the molecule is CC(C)c1ccc(NC(=O)N2CCn3cccc3C2c2ccccc2)cc1. The maximum absolute atomic E-state index is 13.1. The summed E-state index contributed by atoms with van der Waals surface area (Å²) >= 11 is 0. The second-order valence-corrected chi connectivity index (χ2v) is 7.34. The van der Waals surface area contributed by atoms with Crippen molar-refractivity contribution >= 4 is 11.7 Å². The molecule has 1 unspecified atom stereocenters. The molecule has 1 aromatic heterocycles. The van der Waals surface area contributed by atoms with Crippen LogP contribution in [-0.4, -0.2) is 22.0 Å². The van der Waals surface area contributed by atoms with Gasteiger partial charge in [-0.1, -0.05) is 56.3 Å². The molecular formula is C23H25N3O. The average Bonchev–Trinajstić information content (AvgIpc) is 3.17. The molecule has 0 bridgehead atoms. The van der Waals surface area contributed by atoms with Crippen molar-refractivity contribution in [2.45, 2.75) is 32.4 Å². The summed E-state index contributed by atoms with van der Waals surface area (Å²) in [7, 11) is 0. The van der Waals surface area contributed by atoms with Crippen LogP contribution in [0.25, 0.3) is 0 Å². The molecule has 2 amide bonds. The number of benzene rings is 2. The van der Waals surface area contributed by atoms with Crippen LogP contribution < -0.4 is 5.32 Å². The van der Waals surface area contributed by atoms with Gasteiger partial charge in [0.2, 0.25) is 0 Å². The van der Waals surface area contributed by atoms with E-state index in [-0.39, 0.29) is 12.1 Å². The number of fused-ring (bicyclic) bond motifs is 1. The second-order valence-electron chi connectivity index (χ2n) is 7.34. The zero-order chi connectivity index (χ0) is 18.8. The summed E-state index contributed by atoms with van der Waals surface area (Å²) in [6.45, 7) is 5.82. The van der Waals surface area contributed by atoms with Crippen LogP contribution in [0.3, 0.4) is 0 Å². The van der Waals surface area contributed by atoms with Gasteiger partial charge in [0.15, 0.2) is 0 Å². The lowest BCUT2D eigenvalue weighted by atomic mass is 10.0. The van der Waals surface area contributed by atoms with E-state index in [2.05, 4.69) is 66.3 Å². The summed E-state index contributed by atoms with van der Waals surface area (Å²) < 4.78 is 2.23. The molecule has 0 fully saturated rings. The van der Waals surface area contributed by atoms with E-state index in [1.54, 1.807) is 0 Å². The third-order valence-electron chi connectivity index (χ3n) is 5.24. The van der Waals surface area contributed by atoms with E-state index in [1.165, 1.54) is 5.56 Å². The minimum Gasteiger partial charge on any atom is -0.348 e. The zero-order valence-corrected chi connectivity index (χ0v) is 15.8. The van der Waals surface area contributed by atoms with E-state index in [9.17, 15) is 4.79 Å². The smallest absolute Gasteiger partial charge is 0.322 e. The van der Waals surface area contributed by atoms with Crippen molar-refractivity contribution in [1.82, 2.24) is 9.47 Å².